The van der Waals surface area contributed by atoms with Crippen molar-refractivity contribution in [2.75, 3.05) is 19.7 Å². The molecule has 1 fully saturated rings. The molecule has 1 saturated heterocycles. The second-order valence-corrected chi connectivity index (χ2v) is 4.72. The highest BCUT2D eigenvalue weighted by atomic mass is 16.4. The van der Waals surface area contributed by atoms with Crippen molar-refractivity contribution < 1.29 is 19.8 Å². The molecule has 0 spiro atoms. The van der Waals surface area contributed by atoms with Gasteiger partial charge in [-0.3, -0.25) is 4.79 Å². The van der Waals surface area contributed by atoms with Crippen molar-refractivity contribution in [3.8, 4) is 0 Å². The van der Waals surface area contributed by atoms with Crippen LogP contribution in [0.3, 0.4) is 0 Å². The Hall–Kier alpha value is -1.14. The van der Waals surface area contributed by atoms with Gasteiger partial charge in [0.25, 0.3) is 0 Å². The summed E-state index contributed by atoms with van der Waals surface area (Å²) >= 11 is 0. The number of carbonyl (C=O) groups excluding carboxylic acids is 1. The van der Waals surface area contributed by atoms with Gasteiger partial charge in [-0.25, -0.2) is 4.79 Å². The molecule has 0 saturated carbocycles. The van der Waals surface area contributed by atoms with E-state index >= 15 is 0 Å². The Morgan fingerprint density at radius 1 is 1.44 bits per heavy atom. The number of carboxylic acid groups (broad SMARTS) is 1. The molecule has 0 aromatic heterocycles. The van der Waals surface area contributed by atoms with Crippen molar-refractivity contribution in [3.05, 3.63) is 0 Å². The van der Waals surface area contributed by atoms with Gasteiger partial charge >= 0.3 is 5.97 Å². The van der Waals surface area contributed by atoms with Crippen molar-refractivity contribution in [2.24, 2.45) is 5.92 Å². The molecule has 2 atom stereocenters. The smallest absolute Gasteiger partial charge is 0.326 e. The van der Waals surface area contributed by atoms with E-state index in [2.05, 4.69) is 10.6 Å². The minimum absolute atomic E-state index is 0.0477. The van der Waals surface area contributed by atoms with Crippen molar-refractivity contribution in [2.45, 2.75) is 38.1 Å². The predicted octanol–water partition coefficient (Wildman–Crippen LogP) is -0.282. The molecule has 1 unspecified atom stereocenters. The molecule has 1 aliphatic rings. The van der Waals surface area contributed by atoms with Crippen LogP contribution in [-0.2, 0) is 9.59 Å². The second-order valence-electron chi connectivity index (χ2n) is 4.72. The number of aliphatic carboxylic acids is 1. The number of aliphatic hydroxyl groups is 1. The fraction of sp³-hybridized carbons (Fsp3) is 0.833. The zero-order valence-corrected chi connectivity index (χ0v) is 10.5. The SMILES string of the molecule is O=C(CCC1CCCNC1)N[C@H](CCO)C(=O)O. The predicted molar refractivity (Wildman–Crippen MR) is 66.1 cm³/mol. The lowest BCUT2D eigenvalue weighted by atomic mass is 9.94. The molecule has 1 amide bonds. The molecule has 0 aromatic rings. The van der Waals surface area contributed by atoms with Gasteiger partial charge in [0.15, 0.2) is 0 Å². The maximum Gasteiger partial charge on any atom is 0.326 e. The number of piperidine rings is 1. The molecular formula is C12H22N2O4. The number of nitrogens with one attached hydrogen (secondary N) is 2. The van der Waals surface area contributed by atoms with Crippen LogP contribution in [0.25, 0.3) is 0 Å². The van der Waals surface area contributed by atoms with Crippen molar-refractivity contribution in [1.29, 1.82) is 0 Å². The van der Waals surface area contributed by atoms with Crippen LogP contribution in [0.15, 0.2) is 0 Å². The lowest BCUT2D eigenvalue weighted by Gasteiger charge is -2.22. The number of hydrogen-bond donors (Lipinski definition) is 4. The van der Waals surface area contributed by atoms with Crippen molar-refractivity contribution in [3.63, 3.8) is 0 Å². The molecule has 0 radical (unpaired) electrons. The molecule has 6 nitrogen and oxygen atoms in total. The number of hydrogen-bond acceptors (Lipinski definition) is 4. The first kappa shape index (κ1) is 14.9. The van der Waals surface area contributed by atoms with Gasteiger partial charge in [-0.2, -0.15) is 0 Å². The minimum Gasteiger partial charge on any atom is -0.480 e. The number of rotatable bonds is 7. The van der Waals surface area contributed by atoms with Crippen LogP contribution in [0.4, 0.5) is 0 Å². The van der Waals surface area contributed by atoms with E-state index in [0.29, 0.717) is 12.3 Å². The van der Waals surface area contributed by atoms with Crippen molar-refractivity contribution >= 4 is 11.9 Å². The second kappa shape index (κ2) is 8.05. The van der Waals surface area contributed by atoms with Crippen LogP contribution in [0.5, 0.6) is 0 Å². The Labute approximate surface area is 107 Å². The summed E-state index contributed by atoms with van der Waals surface area (Å²) in [5.74, 6) is -0.844. The highest BCUT2D eigenvalue weighted by molar-refractivity contribution is 5.83. The number of carboxylic acids is 1. The summed E-state index contributed by atoms with van der Waals surface area (Å²) in [7, 11) is 0. The third-order valence-corrected chi connectivity index (χ3v) is 3.23. The summed E-state index contributed by atoms with van der Waals surface area (Å²) in [6.07, 6.45) is 3.44. The maximum absolute atomic E-state index is 11.6. The van der Waals surface area contributed by atoms with Gasteiger partial charge in [-0.05, 0) is 38.3 Å². The molecule has 0 aliphatic carbocycles. The van der Waals surface area contributed by atoms with E-state index in [1.807, 2.05) is 0 Å². The summed E-state index contributed by atoms with van der Waals surface area (Å²) < 4.78 is 0. The lowest BCUT2D eigenvalue weighted by molar-refractivity contribution is -0.142. The summed E-state index contributed by atoms with van der Waals surface area (Å²) in [5, 5.41) is 23.3. The highest BCUT2D eigenvalue weighted by Crippen LogP contribution is 2.15. The molecule has 0 aromatic carbocycles. The Kier molecular flexibility index (Phi) is 6.67. The quantitative estimate of drug-likeness (QED) is 0.503. The van der Waals surface area contributed by atoms with E-state index in [9.17, 15) is 9.59 Å². The average molecular weight is 258 g/mol. The van der Waals surface area contributed by atoms with Gasteiger partial charge < -0.3 is 20.8 Å². The lowest BCUT2D eigenvalue weighted by Crippen LogP contribution is -2.41. The standard InChI is InChI=1S/C12H22N2O4/c15-7-5-10(12(17)18)14-11(16)4-3-9-2-1-6-13-8-9/h9-10,13,15H,1-8H2,(H,14,16)(H,17,18)/t9?,10-/m1/s1. The molecule has 18 heavy (non-hydrogen) atoms. The number of amides is 1. The molecular weight excluding hydrogens is 236 g/mol. The Balaban J connectivity index is 2.24. The monoisotopic (exact) mass is 258 g/mol. The average Bonchev–Trinajstić information content (AvgIpc) is 2.37. The first-order valence-electron chi connectivity index (χ1n) is 6.47. The van der Waals surface area contributed by atoms with E-state index in [0.717, 1.165) is 32.4 Å². The zero-order valence-electron chi connectivity index (χ0n) is 10.5. The van der Waals surface area contributed by atoms with Crippen LogP contribution in [0.2, 0.25) is 0 Å². The van der Waals surface area contributed by atoms with Crippen LogP contribution in [0, 0.1) is 5.92 Å². The Bertz CT molecular complexity index is 277. The summed E-state index contributed by atoms with van der Waals surface area (Å²) in [5.41, 5.74) is 0. The van der Waals surface area contributed by atoms with Gasteiger partial charge in [0, 0.05) is 19.4 Å². The third kappa shape index (κ3) is 5.46. The molecule has 1 heterocycles. The first-order valence-corrected chi connectivity index (χ1v) is 6.47. The Morgan fingerprint density at radius 3 is 2.78 bits per heavy atom. The highest BCUT2D eigenvalue weighted by Gasteiger charge is 2.20. The van der Waals surface area contributed by atoms with E-state index < -0.39 is 12.0 Å². The minimum atomic E-state index is -1.10. The number of carbonyl (C=O) groups is 2. The summed E-state index contributed by atoms with van der Waals surface area (Å²) in [6, 6.07) is -0.980. The number of aliphatic hydroxyl groups excluding tert-OH is 1. The summed E-state index contributed by atoms with van der Waals surface area (Å²) in [6.45, 7) is 1.73. The molecule has 0 bridgehead atoms. The third-order valence-electron chi connectivity index (χ3n) is 3.23. The molecule has 4 N–H and O–H groups in total. The van der Waals surface area contributed by atoms with Gasteiger partial charge in [-0.15, -0.1) is 0 Å². The van der Waals surface area contributed by atoms with Crippen LogP contribution in [0.1, 0.15) is 32.1 Å². The zero-order chi connectivity index (χ0) is 13.4. The van der Waals surface area contributed by atoms with Crippen LogP contribution in [-0.4, -0.2) is 47.8 Å². The van der Waals surface area contributed by atoms with E-state index in [-0.39, 0.29) is 18.9 Å². The Morgan fingerprint density at radius 2 is 2.22 bits per heavy atom. The van der Waals surface area contributed by atoms with Gasteiger partial charge in [0.1, 0.15) is 6.04 Å². The van der Waals surface area contributed by atoms with Crippen LogP contribution >= 0.6 is 0 Å². The van der Waals surface area contributed by atoms with Gasteiger partial charge in [0.05, 0.1) is 0 Å². The maximum atomic E-state index is 11.6. The molecule has 6 heteroatoms. The van der Waals surface area contributed by atoms with Gasteiger partial charge in [0.2, 0.25) is 5.91 Å². The topological polar surface area (TPSA) is 98.7 Å². The normalized spacial score (nSPS) is 21.3. The van der Waals surface area contributed by atoms with E-state index in [1.54, 1.807) is 0 Å². The van der Waals surface area contributed by atoms with Gasteiger partial charge in [-0.1, -0.05) is 0 Å². The van der Waals surface area contributed by atoms with Crippen LogP contribution < -0.4 is 10.6 Å². The molecule has 1 rings (SSSR count). The first-order chi connectivity index (χ1) is 8.63. The van der Waals surface area contributed by atoms with E-state index in [4.69, 9.17) is 10.2 Å². The largest absolute Gasteiger partial charge is 0.480 e. The van der Waals surface area contributed by atoms with E-state index in [1.165, 1.54) is 0 Å². The fourth-order valence-corrected chi connectivity index (χ4v) is 2.16. The molecule has 104 valence electrons. The molecule has 1 aliphatic heterocycles. The van der Waals surface area contributed by atoms with Crippen molar-refractivity contribution in [1.82, 2.24) is 10.6 Å². The fourth-order valence-electron chi connectivity index (χ4n) is 2.16. The summed E-state index contributed by atoms with van der Waals surface area (Å²) in [4.78, 5) is 22.4.